The molecule has 0 radical (unpaired) electrons. The lowest BCUT2D eigenvalue weighted by Gasteiger charge is -2.56. The zero-order valence-electron chi connectivity index (χ0n) is 16.6. The van der Waals surface area contributed by atoms with Crippen molar-refractivity contribution in [3.8, 4) is 0 Å². The standard InChI is InChI=1S/C23H32N2OS/c1-3-15(2)19-4-6-20(7-5-19)24-22(27)25-21(26)14-23-11-16-8-17(12-23)10-18(9-16)13-23/h4-7,15-18H,3,8-14H2,1-2H3,(H2,24,25,26,27). The molecular formula is C23H32N2OS. The molecule has 5 rings (SSSR count). The summed E-state index contributed by atoms with van der Waals surface area (Å²) in [5.74, 6) is 3.27. The molecule has 0 aromatic heterocycles. The lowest BCUT2D eigenvalue weighted by atomic mass is 9.49. The first-order valence-electron chi connectivity index (χ1n) is 10.7. The predicted molar refractivity (Wildman–Crippen MR) is 115 cm³/mol. The minimum atomic E-state index is 0.0886. The van der Waals surface area contributed by atoms with Gasteiger partial charge < -0.3 is 10.6 Å². The molecule has 4 aliphatic rings. The van der Waals surface area contributed by atoms with Gasteiger partial charge in [-0.3, -0.25) is 4.79 Å². The third-order valence-electron chi connectivity index (χ3n) is 7.30. The first kappa shape index (κ1) is 18.9. The number of thiocarbonyl (C=S) groups is 1. The van der Waals surface area contributed by atoms with E-state index in [2.05, 4.69) is 36.6 Å². The Morgan fingerprint density at radius 1 is 1.11 bits per heavy atom. The number of amides is 1. The van der Waals surface area contributed by atoms with Gasteiger partial charge in [-0.1, -0.05) is 26.0 Å². The molecule has 1 unspecified atom stereocenters. The van der Waals surface area contributed by atoms with Gasteiger partial charge in [-0.15, -0.1) is 0 Å². The number of nitrogens with one attached hydrogen (secondary N) is 2. The summed E-state index contributed by atoms with van der Waals surface area (Å²) in [6.07, 6.45) is 9.77. The third-order valence-corrected chi connectivity index (χ3v) is 7.51. The number of hydrogen-bond acceptors (Lipinski definition) is 2. The summed E-state index contributed by atoms with van der Waals surface area (Å²) in [4.78, 5) is 12.7. The molecule has 4 aliphatic carbocycles. The van der Waals surface area contributed by atoms with Crippen molar-refractivity contribution in [2.75, 3.05) is 5.32 Å². The Morgan fingerprint density at radius 3 is 2.19 bits per heavy atom. The summed E-state index contributed by atoms with van der Waals surface area (Å²) in [6.45, 7) is 4.43. The van der Waals surface area contributed by atoms with Crippen molar-refractivity contribution in [1.29, 1.82) is 0 Å². The SMILES string of the molecule is CCC(C)c1ccc(NC(=S)NC(=O)CC23CC4CC(CC(C4)C2)C3)cc1. The molecule has 0 saturated heterocycles. The van der Waals surface area contributed by atoms with Gasteiger partial charge in [0.1, 0.15) is 0 Å². The maximum absolute atomic E-state index is 12.7. The Morgan fingerprint density at radius 2 is 1.67 bits per heavy atom. The van der Waals surface area contributed by atoms with E-state index < -0.39 is 0 Å². The molecular weight excluding hydrogens is 352 g/mol. The minimum absolute atomic E-state index is 0.0886. The van der Waals surface area contributed by atoms with Crippen LogP contribution in [0.1, 0.15) is 76.7 Å². The highest BCUT2D eigenvalue weighted by atomic mass is 32.1. The lowest BCUT2D eigenvalue weighted by molar-refractivity contribution is -0.127. The molecule has 0 spiro atoms. The van der Waals surface area contributed by atoms with Crippen LogP contribution in [0.25, 0.3) is 0 Å². The van der Waals surface area contributed by atoms with Crippen molar-refractivity contribution in [2.45, 2.75) is 71.1 Å². The summed E-state index contributed by atoms with van der Waals surface area (Å²) >= 11 is 5.39. The number of anilines is 1. The maximum atomic E-state index is 12.7. The average Bonchev–Trinajstić information content (AvgIpc) is 2.59. The highest BCUT2D eigenvalue weighted by Crippen LogP contribution is 2.61. The first-order valence-corrected chi connectivity index (χ1v) is 11.1. The average molecular weight is 385 g/mol. The topological polar surface area (TPSA) is 41.1 Å². The maximum Gasteiger partial charge on any atom is 0.226 e. The first-order chi connectivity index (χ1) is 12.9. The minimum Gasteiger partial charge on any atom is -0.332 e. The Bertz CT molecular complexity index is 676. The molecule has 4 saturated carbocycles. The fourth-order valence-corrected chi connectivity index (χ4v) is 6.54. The molecule has 1 atom stereocenters. The molecule has 146 valence electrons. The summed E-state index contributed by atoms with van der Waals surface area (Å²) in [7, 11) is 0. The van der Waals surface area contributed by atoms with Crippen molar-refractivity contribution in [2.24, 2.45) is 23.2 Å². The second-order valence-electron chi connectivity index (χ2n) is 9.53. The van der Waals surface area contributed by atoms with Gasteiger partial charge in [0.05, 0.1) is 0 Å². The second-order valence-corrected chi connectivity index (χ2v) is 9.94. The van der Waals surface area contributed by atoms with Crippen LogP contribution in [0.15, 0.2) is 24.3 Å². The molecule has 2 N–H and O–H groups in total. The van der Waals surface area contributed by atoms with Crippen LogP contribution in [-0.2, 0) is 4.79 Å². The molecule has 4 heteroatoms. The summed E-state index contributed by atoms with van der Waals surface area (Å²) in [6, 6.07) is 8.35. The van der Waals surface area contributed by atoms with Crippen molar-refractivity contribution >= 4 is 28.9 Å². The fraction of sp³-hybridized carbons (Fsp3) is 0.652. The van der Waals surface area contributed by atoms with Gasteiger partial charge in [0.2, 0.25) is 5.91 Å². The largest absolute Gasteiger partial charge is 0.332 e. The molecule has 1 amide bonds. The quantitative estimate of drug-likeness (QED) is 0.647. The molecule has 4 fully saturated rings. The van der Waals surface area contributed by atoms with Crippen LogP contribution in [0, 0.1) is 23.2 Å². The summed E-state index contributed by atoms with van der Waals surface area (Å²) < 4.78 is 0. The van der Waals surface area contributed by atoms with Gasteiger partial charge >= 0.3 is 0 Å². The third kappa shape index (κ3) is 4.21. The Hall–Kier alpha value is -1.42. The van der Waals surface area contributed by atoms with E-state index in [9.17, 15) is 4.79 Å². The van der Waals surface area contributed by atoms with E-state index in [4.69, 9.17) is 12.2 Å². The van der Waals surface area contributed by atoms with Crippen LogP contribution in [0.4, 0.5) is 5.69 Å². The van der Waals surface area contributed by atoms with E-state index in [1.165, 1.54) is 44.1 Å². The molecule has 4 bridgehead atoms. The Balaban J connectivity index is 1.30. The van der Waals surface area contributed by atoms with Crippen LogP contribution < -0.4 is 10.6 Å². The summed E-state index contributed by atoms with van der Waals surface area (Å²) in [5, 5.41) is 6.52. The van der Waals surface area contributed by atoms with Crippen molar-refractivity contribution in [3.63, 3.8) is 0 Å². The van der Waals surface area contributed by atoms with E-state index in [0.717, 1.165) is 29.9 Å². The number of rotatable bonds is 5. The zero-order valence-corrected chi connectivity index (χ0v) is 17.4. The second kappa shape index (κ2) is 7.54. The van der Waals surface area contributed by atoms with E-state index in [1.54, 1.807) is 0 Å². The zero-order chi connectivity index (χ0) is 19.0. The highest BCUT2D eigenvalue weighted by Gasteiger charge is 2.51. The highest BCUT2D eigenvalue weighted by molar-refractivity contribution is 7.80. The van der Waals surface area contributed by atoms with Crippen LogP contribution >= 0.6 is 12.2 Å². The molecule has 27 heavy (non-hydrogen) atoms. The van der Waals surface area contributed by atoms with Crippen molar-refractivity contribution in [1.82, 2.24) is 5.32 Å². The van der Waals surface area contributed by atoms with Crippen LogP contribution in [0.3, 0.4) is 0 Å². The van der Waals surface area contributed by atoms with Crippen LogP contribution in [0.2, 0.25) is 0 Å². The van der Waals surface area contributed by atoms with Gasteiger partial charge in [0.25, 0.3) is 0 Å². The van der Waals surface area contributed by atoms with Crippen LogP contribution in [0.5, 0.6) is 0 Å². The monoisotopic (exact) mass is 384 g/mol. The van der Waals surface area contributed by atoms with Crippen molar-refractivity contribution < 1.29 is 4.79 Å². The van der Waals surface area contributed by atoms with Crippen LogP contribution in [-0.4, -0.2) is 11.0 Å². The predicted octanol–water partition coefficient (Wildman–Crippen LogP) is 5.62. The molecule has 1 aromatic carbocycles. The Labute approximate surface area is 168 Å². The van der Waals surface area contributed by atoms with Crippen molar-refractivity contribution in [3.05, 3.63) is 29.8 Å². The van der Waals surface area contributed by atoms with E-state index >= 15 is 0 Å². The number of benzene rings is 1. The normalized spacial score (nSPS) is 32.1. The van der Waals surface area contributed by atoms with Gasteiger partial charge in [0, 0.05) is 12.1 Å². The van der Waals surface area contributed by atoms with Gasteiger partial charge in [-0.25, -0.2) is 0 Å². The van der Waals surface area contributed by atoms with E-state index in [-0.39, 0.29) is 11.3 Å². The number of carbonyl (C=O) groups excluding carboxylic acids is 1. The van der Waals surface area contributed by atoms with E-state index in [1.807, 2.05) is 12.1 Å². The molecule has 0 heterocycles. The summed E-state index contributed by atoms with van der Waals surface area (Å²) in [5.41, 5.74) is 2.52. The molecule has 1 aromatic rings. The van der Waals surface area contributed by atoms with Gasteiger partial charge in [-0.05, 0) is 104 Å². The van der Waals surface area contributed by atoms with Gasteiger partial charge in [0.15, 0.2) is 5.11 Å². The Kier molecular flexibility index (Phi) is 5.28. The fourth-order valence-electron chi connectivity index (χ4n) is 6.31. The van der Waals surface area contributed by atoms with E-state index in [0.29, 0.717) is 17.5 Å². The lowest BCUT2D eigenvalue weighted by Crippen LogP contribution is -2.48. The molecule has 3 nitrogen and oxygen atoms in total. The molecule has 0 aliphatic heterocycles. The number of hydrogen-bond donors (Lipinski definition) is 2. The number of carbonyl (C=O) groups is 1. The smallest absolute Gasteiger partial charge is 0.226 e. The van der Waals surface area contributed by atoms with Gasteiger partial charge in [-0.2, -0.15) is 0 Å².